The van der Waals surface area contributed by atoms with Crippen molar-refractivity contribution in [3.8, 4) is 0 Å². The summed E-state index contributed by atoms with van der Waals surface area (Å²) in [6.45, 7) is 2.59. The van der Waals surface area contributed by atoms with Gasteiger partial charge < -0.3 is 4.79 Å². The summed E-state index contributed by atoms with van der Waals surface area (Å²) in [6, 6.07) is 0.319. The van der Waals surface area contributed by atoms with Crippen molar-refractivity contribution in [1.29, 1.82) is 0 Å². The zero-order chi connectivity index (χ0) is 9.84. The lowest BCUT2D eigenvalue weighted by atomic mass is 10.2. The second-order valence-corrected chi connectivity index (χ2v) is 3.31. The Morgan fingerprint density at radius 2 is 2.31 bits per heavy atom. The number of amides is 1. The van der Waals surface area contributed by atoms with E-state index in [0.717, 1.165) is 12.7 Å². The van der Waals surface area contributed by atoms with Gasteiger partial charge in [-0.05, 0) is 6.42 Å². The molecule has 13 heavy (non-hydrogen) atoms. The summed E-state index contributed by atoms with van der Waals surface area (Å²) in [5, 5.41) is 3.62. The zero-order valence-electron chi connectivity index (χ0n) is 8.19. The molecule has 0 aromatic carbocycles. The molecule has 1 saturated heterocycles. The molecule has 0 bridgehead atoms. The summed E-state index contributed by atoms with van der Waals surface area (Å²) in [7, 11) is 1.91. The molecule has 1 unspecified atom stereocenters. The molecular weight excluding hydrogens is 168 g/mol. The van der Waals surface area contributed by atoms with Gasteiger partial charge in [0.15, 0.2) is 0 Å². The lowest BCUT2D eigenvalue weighted by molar-refractivity contribution is -0.137. The Morgan fingerprint density at radius 3 is 2.77 bits per heavy atom. The lowest BCUT2D eigenvalue weighted by Gasteiger charge is -2.27. The Labute approximate surface area is 78.5 Å². The summed E-state index contributed by atoms with van der Waals surface area (Å²) in [6.07, 6.45) is 2.83. The molecule has 4 nitrogen and oxygen atoms in total. The van der Waals surface area contributed by atoms with Gasteiger partial charge in [0.25, 0.3) is 0 Å². The van der Waals surface area contributed by atoms with Crippen LogP contribution in [0.2, 0.25) is 0 Å². The van der Waals surface area contributed by atoms with Crippen molar-refractivity contribution in [3.05, 3.63) is 0 Å². The fourth-order valence-corrected chi connectivity index (χ4v) is 1.68. The molecule has 1 rings (SSSR count). The fourth-order valence-electron chi connectivity index (χ4n) is 1.68. The van der Waals surface area contributed by atoms with E-state index >= 15 is 0 Å². The zero-order valence-corrected chi connectivity index (χ0v) is 8.19. The standard InChI is InChI=1S/C9H16N2O2/c1-3-8-7-9(13)11(10(8)2)5-4-6-12/h6,8H,3-5,7H2,1-2H3. The van der Waals surface area contributed by atoms with E-state index < -0.39 is 0 Å². The van der Waals surface area contributed by atoms with Crippen LogP contribution in [0.3, 0.4) is 0 Å². The average Bonchev–Trinajstić information content (AvgIpc) is 2.39. The third-order valence-electron chi connectivity index (χ3n) is 2.54. The summed E-state index contributed by atoms with van der Waals surface area (Å²) in [4.78, 5) is 21.6. The van der Waals surface area contributed by atoms with Crippen molar-refractivity contribution in [2.24, 2.45) is 0 Å². The minimum Gasteiger partial charge on any atom is -0.303 e. The number of rotatable bonds is 4. The first-order chi connectivity index (χ1) is 6.20. The third kappa shape index (κ3) is 2.06. The topological polar surface area (TPSA) is 40.6 Å². The molecule has 0 aromatic heterocycles. The number of hydrogen-bond acceptors (Lipinski definition) is 3. The largest absolute Gasteiger partial charge is 0.303 e. The van der Waals surface area contributed by atoms with Gasteiger partial charge in [-0.15, -0.1) is 0 Å². The van der Waals surface area contributed by atoms with Gasteiger partial charge in [-0.3, -0.25) is 9.80 Å². The number of aldehydes is 1. The van der Waals surface area contributed by atoms with Crippen LogP contribution in [0.5, 0.6) is 0 Å². The Kier molecular flexibility index (Phi) is 3.42. The van der Waals surface area contributed by atoms with E-state index in [4.69, 9.17) is 0 Å². The molecule has 0 radical (unpaired) electrons. The Hall–Kier alpha value is -0.900. The molecule has 1 fully saturated rings. The van der Waals surface area contributed by atoms with Crippen LogP contribution >= 0.6 is 0 Å². The molecule has 0 aromatic rings. The van der Waals surface area contributed by atoms with Gasteiger partial charge >= 0.3 is 0 Å². The van der Waals surface area contributed by atoms with E-state index in [2.05, 4.69) is 6.92 Å². The Morgan fingerprint density at radius 1 is 1.62 bits per heavy atom. The first kappa shape index (κ1) is 10.2. The third-order valence-corrected chi connectivity index (χ3v) is 2.54. The number of hydrogen-bond donors (Lipinski definition) is 0. The molecule has 0 N–H and O–H groups in total. The molecule has 1 heterocycles. The number of carbonyl (C=O) groups is 2. The van der Waals surface area contributed by atoms with Gasteiger partial charge in [-0.25, -0.2) is 5.01 Å². The van der Waals surface area contributed by atoms with Crippen molar-refractivity contribution in [2.75, 3.05) is 13.6 Å². The maximum absolute atomic E-state index is 11.4. The van der Waals surface area contributed by atoms with Gasteiger partial charge in [0, 0.05) is 32.5 Å². The molecule has 0 spiro atoms. The summed E-state index contributed by atoms with van der Waals surface area (Å²) >= 11 is 0. The van der Waals surface area contributed by atoms with Gasteiger partial charge in [-0.1, -0.05) is 6.92 Å². The maximum atomic E-state index is 11.4. The number of carbonyl (C=O) groups excluding carboxylic acids is 2. The first-order valence-corrected chi connectivity index (χ1v) is 4.67. The van der Waals surface area contributed by atoms with E-state index in [-0.39, 0.29) is 5.91 Å². The minimum atomic E-state index is 0.135. The summed E-state index contributed by atoms with van der Waals surface area (Å²) in [5.74, 6) is 0.135. The van der Waals surface area contributed by atoms with Gasteiger partial charge in [0.1, 0.15) is 6.29 Å². The quantitative estimate of drug-likeness (QED) is 0.595. The van der Waals surface area contributed by atoms with Crippen LogP contribution in [0.4, 0.5) is 0 Å². The van der Waals surface area contributed by atoms with Gasteiger partial charge in [0.05, 0.1) is 0 Å². The predicted octanol–water partition coefficient (Wildman–Crippen LogP) is 0.433. The SMILES string of the molecule is CCC1CC(=O)N(CCC=O)N1C. The molecule has 0 saturated carbocycles. The van der Waals surface area contributed by atoms with E-state index in [0.29, 0.717) is 25.4 Å². The van der Waals surface area contributed by atoms with Gasteiger partial charge in [-0.2, -0.15) is 0 Å². The van der Waals surface area contributed by atoms with Crippen molar-refractivity contribution in [1.82, 2.24) is 10.0 Å². The highest BCUT2D eigenvalue weighted by Gasteiger charge is 2.33. The van der Waals surface area contributed by atoms with E-state index in [1.807, 2.05) is 12.1 Å². The van der Waals surface area contributed by atoms with E-state index in [9.17, 15) is 9.59 Å². The van der Waals surface area contributed by atoms with Crippen molar-refractivity contribution in [3.63, 3.8) is 0 Å². The Balaban J connectivity index is 2.53. The molecular formula is C9H16N2O2. The van der Waals surface area contributed by atoms with Crippen LogP contribution in [0.25, 0.3) is 0 Å². The molecule has 1 aliphatic rings. The average molecular weight is 184 g/mol. The van der Waals surface area contributed by atoms with Crippen LogP contribution in [0, 0.1) is 0 Å². The highest BCUT2D eigenvalue weighted by molar-refractivity contribution is 5.78. The van der Waals surface area contributed by atoms with Crippen molar-refractivity contribution >= 4 is 12.2 Å². The molecule has 1 atom stereocenters. The lowest BCUT2D eigenvalue weighted by Crippen LogP contribution is -2.40. The van der Waals surface area contributed by atoms with Crippen molar-refractivity contribution in [2.45, 2.75) is 32.2 Å². The molecule has 74 valence electrons. The summed E-state index contributed by atoms with van der Waals surface area (Å²) in [5.41, 5.74) is 0. The summed E-state index contributed by atoms with van der Waals surface area (Å²) < 4.78 is 0. The normalized spacial score (nSPS) is 24.0. The van der Waals surface area contributed by atoms with E-state index in [1.165, 1.54) is 0 Å². The number of hydrazine groups is 1. The Bertz CT molecular complexity index is 206. The smallest absolute Gasteiger partial charge is 0.238 e. The second kappa shape index (κ2) is 4.37. The highest BCUT2D eigenvalue weighted by atomic mass is 16.2. The van der Waals surface area contributed by atoms with Crippen LogP contribution < -0.4 is 0 Å². The molecule has 1 amide bonds. The van der Waals surface area contributed by atoms with E-state index in [1.54, 1.807) is 5.01 Å². The minimum absolute atomic E-state index is 0.135. The molecule has 4 heteroatoms. The van der Waals surface area contributed by atoms with Gasteiger partial charge in [0.2, 0.25) is 5.91 Å². The first-order valence-electron chi connectivity index (χ1n) is 4.67. The fraction of sp³-hybridized carbons (Fsp3) is 0.778. The molecule has 0 aliphatic carbocycles. The van der Waals surface area contributed by atoms with Crippen LogP contribution in [-0.2, 0) is 9.59 Å². The predicted molar refractivity (Wildman–Crippen MR) is 48.9 cm³/mol. The molecule has 1 aliphatic heterocycles. The van der Waals surface area contributed by atoms with Crippen LogP contribution in [-0.4, -0.2) is 41.8 Å². The second-order valence-electron chi connectivity index (χ2n) is 3.31. The number of nitrogens with zero attached hydrogens (tertiary/aromatic N) is 2. The van der Waals surface area contributed by atoms with Crippen LogP contribution in [0.15, 0.2) is 0 Å². The van der Waals surface area contributed by atoms with Crippen molar-refractivity contribution < 1.29 is 9.59 Å². The maximum Gasteiger partial charge on any atom is 0.238 e. The highest BCUT2D eigenvalue weighted by Crippen LogP contribution is 2.19. The van der Waals surface area contributed by atoms with Crippen LogP contribution in [0.1, 0.15) is 26.2 Å². The monoisotopic (exact) mass is 184 g/mol.